The number of aryl methyl sites for hydroxylation is 1. The summed E-state index contributed by atoms with van der Waals surface area (Å²) in [5.74, 6) is -0.811. The molecule has 1 aliphatic rings. The highest BCUT2D eigenvalue weighted by atomic mass is 35.5. The van der Waals surface area contributed by atoms with Crippen LogP contribution in [0.2, 0.25) is 5.02 Å². The van der Waals surface area contributed by atoms with Crippen molar-refractivity contribution in [1.29, 1.82) is 0 Å². The smallest absolute Gasteiger partial charge is 0.295 e. The first-order valence-electron chi connectivity index (χ1n) is 10.7. The third-order valence-corrected chi connectivity index (χ3v) is 6.20. The van der Waals surface area contributed by atoms with Crippen LogP contribution in [0.1, 0.15) is 36.6 Å². The van der Waals surface area contributed by atoms with E-state index in [1.165, 1.54) is 0 Å². The quantitative estimate of drug-likeness (QED) is 0.361. The molecule has 0 unspecified atom stereocenters. The minimum absolute atomic E-state index is 0.0847. The Balaban J connectivity index is 2.10. The standard InChI is InChI=1S/C25H29ClN2O4/c1-5-27(6-2)13-14-28-22(17-7-10-19(26)11-8-17)21(24(30)25(28)31)23(29)18-9-12-20(32-4)16(3)15-18/h7-12,15,22,29H,5-6,13-14H2,1-4H3/t22-/m0/s1. The molecular weight excluding hydrogens is 428 g/mol. The third-order valence-electron chi connectivity index (χ3n) is 5.95. The summed E-state index contributed by atoms with van der Waals surface area (Å²) >= 11 is 6.07. The Morgan fingerprint density at radius 3 is 2.34 bits per heavy atom. The van der Waals surface area contributed by atoms with E-state index in [0.29, 0.717) is 29.4 Å². The van der Waals surface area contributed by atoms with E-state index in [4.69, 9.17) is 16.3 Å². The highest BCUT2D eigenvalue weighted by Crippen LogP contribution is 2.40. The fraction of sp³-hybridized carbons (Fsp3) is 0.360. The third kappa shape index (κ3) is 4.66. The molecule has 32 heavy (non-hydrogen) atoms. The summed E-state index contributed by atoms with van der Waals surface area (Å²) in [5.41, 5.74) is 2.08. The molecule has 2 aromatic rings. The number of rotatable bonds is 8. The van der Waals surface area contributed by atoms with Crippen LogP contribution >= 0.6 is 11.6 Å². The Kier molecular flexibility index (Phi) is 7.59. The van der Waals surface area contributed by atoms with Crippen LogP contribution in [0.5, 0.6) is 5.75 Å². The fourth-order valence-corrected chi connectivity index (χ4v) is 4.20. The van der Waals surface area contributed by atoms with Gasteiger partial charge in [-0.05, 0) is 61.5 Å². The lowest BCUT2D eigenvalue weighted by atomic mass is 9.95. The molecule has 0 aromatic heterocycles. The molecule has 7 heteroatoms. The van der Waals surface area contributed by atoms with Gasteiger partial charge in [-0.3, -0.25) is 9.59 Å². The van der Waals surface area contributed by atoms with Crippen LogP contribution in [0.25, 0.3) is 5.76 Å². The molecular formula is C25H29ClN2O4. The summed E-state index contributed by atoms with van der Waals surface area (Å²) in [6.45, 7) is 8.66. The summed E-state index contributed by atoms with van der Waals surface area (Å²) in [7, 11) is 1.57. The van der Waals surface area contributed by atoms with Gasteiger partial charge in [0, 0.05) is 23.7 Å². The number of hydrogen-bond donors (Lipinski definition) is 1. The number of methoxy groups -OCH3 is 1. The van der Waals surface area contributed by atoms with Gasteiger partial charge in [0.15, 0.2) is 0 Å². The van der Waals surface area contributed by atoms with Crippen molar-refractivity contribution in [3.8, 4) is 5.75 Å². The number of aliphatic hydroxyl groups is 1. The summed E-state index contributed by atoms with van der Waals surface area (Å²) in [5, 5.41) is 11.7. The number of hydrogen-bond acceptors (Lipinski definition) is 5. The SMILES string of the molecule is CCN(CC)CCN1C(=O)C(=O)C(=C(O)c2ccc(OC)c(C)c2)[C@@H]1c1ccc(Cl)cc1. The number of halogens is 1. The molecule has 0 spiro atoms. The zero-order valence-electron chi connectivity index (χ0n) is 18.9. The molecule has 2 aromatic carbocycles. The Morgan fingerprint density at radius 2 is 1.78 bits per heavy atom. The van der Waals surface area contributed by atoms with Crippen LogP contribution in [0.3, 0.4) is 0 Å². The molecule has 3 rings (SSSR count). The molecule has 1 amide bonds. The average molecular weight is 457 g/mol. The minimum Gasteiger partial charge on any atom is -0.507 e. The van der Waals surface area contributed by atoms with Crippen molar-refractivity contribution in [3.63, 3.8) is 0 Å². The van der Waals surface area contributed by atoms with Gasteiger partial charge in [-0.1, -0.05) is 37.6 Å². The topological polar surface area (TPSA) is 70.1 Å². The summed E-state index contributed by atoms with van der Waals surface area (Å²) in [4.78, 5) is 29.9. The predicted octanol–water partition coefficient (Wildman–Crippen LogP) is 4.42. The van der Waals surface area contributed by atoms with Gasteiger partial charge in [0.25, 0.3) is 11.7 Å². The van der Waals surface area contributed by atoms with Crippen LogP contribution < -0.4 is 4.74 Å². The molecule has 1 atom stereocenters. The Morgan fingerprint density at radius 1 is 1.12 bits per heavy atom. The predicted molar refractivity (Wildman–Crippen MR) is 126 cm³/mol. The summed E-state index contributed by atoms with van der Waals surface area (Å²) in [6.07, 6.45) is 0. The maximum atomic E-state index is 13.1. The molecule has 1 fully saturated rings. The van der Waals surface area contributed by atoms with Gasteiger partial charge in [-0.15, -0.1) is 0 Å². The molecule has 0 saturated carbocycles. The number of carbonyl (C=O) groups excluding carboxylic acids is 2. The van der Waals surface area contributed by atoms with Crippen LogP contribution in [0.4, 0.5) is 0 Å². The Bertz CT molecular complexity index is 1030. The maximum absolute atomic E-state index is 13.1. The van der Waals surface area contributed by atoms with Gasteiger partial charge >= 0.3 is 0 Å². The van der Waals surface area contributed by atoms with Gasteiger partial charge in [-0.25, -0.2) is 0 Å². The number of ether oxygens (including phenoxy) is 1. The van der Waals surface area contributed by atoms with E-state index in [0.717, 1.165) is 24.2 Å². The normalized spacial score (nSPS) is 17.9. The van der Waals surface area contributed by atoms with Crippen molar-refractivity contribution < 1.29 is 19.4 Å². The second-order valence-corrected chi connectivity index (χ2v) is 8.19. The Hall–Kier alpha value is -2.83. The number of ketones is 1. The maximum Gasteiger partial charge on any atom is 0.295 e. The van der Waals surface area contributed by atoms with Crippen LogP contribution in [-0.2, 0) is 9.59 Å². The lowest BCUT2D eigenvalue weighted by molar-refractivity contribution is -0.140. The lowest BCUT2D eigenvalue weighted by Gasteiger charge is -2.28. The lowest BCUT2D eigenvalue weighted by Crippen LogP contribution is -2.38. The first-order valence-corrected chi connectivity index (χ1v) is 11.1. The van der Waals surface area contributed by atoms with Crippen LogP contribution in [-0.4, -0.2) is 59.9 Å². The molecule has 0 radical (unpaired) electrons. The van der Waals surface area contributed by atoms with Gasteiger partial charge in [0.05, 0.1) is 18.7 Å². The monoisotopic (exact) mass is 456 g/mol. The van der Waals surface area contributed by atoms with Crippen molar-refractivity contribution >= 4 is 29.1 Å². The second kappa shape index (κ2) is 10.2. The molecule has 170 valence electrons. The van der Waals surface area contributed by atoms with Gasteiger partial charge in [0.1, 0.15) is 11.5 Å². The van der Waals surface area contributed by atoms with E-state index < -0.39 is 17.7 Å². The highest BCUT2D eigenvalue weighted by Gasteiger charge is 2.45. The van der Waals surface area contributed by atoms with Crippen molar-refractivity contribution in [2.24, 2.45) is 0 Å². The van der Waals surface area contributed by atoms with Crippen molar-refractivity contribution in [2.45, 2.75) is 26.8 Å². The Labute approximate surface area is 194 Å². The fourth-order valence-electron chi connectivity index (χ4n) is 4.07. The number of Topliss-reactive ketones (excluding diaryl/α,β-unsaturated/α-hetero) is 1. The first-order chi connectivity index (χ1) is 15.3. The van der Waals surface area contributed by atoms with E-state index in [1.54, 1.807) is 54.5 Å². The van der Waals surface area contributed by atoms with E-state index in [1.807, 2.05) is 6.92 Å². The zero-order chi connectivity index (χ0) is 23.4. The van der Waals surface area contributed by atoms with E-state index in [-0.39, 0.29) is 11.3 Å². The average Bonchev–Trinajstić information content (AvgIpc) is 3.04. The van der Waals surface area contributed by atoms with E-state index in [2.05, 4.69) is 18.7 Å². The zero-order valence-corrected chi connectivity index (χ0v) is 19.6. The molecule has 0 aliphatic carbocycles. The second-order valence-electron chi connectivity index (χ2n) is 7.76. The van der Waals surface area contributed by atoms with Crippen molar-refractivity contribution in [3.05, 3.63) is 69.8 Å². The van der Waals surface area contributed by atoms with E-state index in [9.17, 15) is 14.7 Å². The van der Waals surface area contributed by atoms with Crippen LogP contribution in [0, 0.1) is 6.92 Å². The molecule has 1 saturated heterocycles. The van der Waals surface area contributed by atoms with E-state index >= 15 is 0 Å². The van der Waals surface area contributed by atoms with Gasteiger partial charge < -0.3 is 19.6 Å². The molecule has 1 N–H and O–H groups in total. The van der Waals surface area contributed by atoms with Crippen molar-refractivity contribution in [1.82, 2.24) is 9.80 Å². The number of carbonyl (C=O) groups is 2. The highest BCUT2D eigenvalue weighted by molar-refractivity contribution is 6.46. The molecule has 1 heterocycles. The molecule has 1 aliphatic heterocycles. The first kappa shape index (κ1) is 23.8. The number of likely N-dealkylation sites (tertiary alicyclic amines) is 1. The number of amides is 1. The van der Waals surface area contributed by atoms with Crippen LogP contribution in [0.15, 0.2) is 48.0 Å². The van der Waals surface area contributed by atoms with Gasteiger partial charge in [0.2, 0.25) is 0 Å². The molecule has 0 bridgehead atoms. The largest absolute Gasteiger partial charge is 0.507 e. The molecule has 6 nitrogen and oxygen atoms in total. The number of benzene rings is 2. The number of likely N-dealkylation sites (N-methyl/N-ethyl adjacent to an activating group) is 1. The minimum atomic E-state index is -0.690. The number of nitrogens with zero attached hydrogens (tertiary/aromatic N) is 2. The van der Waals surface area contributed by atoms with Crippen molar-refractivity contribution in [2.75, 3.05) is 33.3 Å². The number of aliphatic hydroxyl groups excluding tert-OH is 1. The summed E-state index contributed by atoms with van der Waals surface area (Å²) < 4.78 is 5.29. The summed E-state index contributed by atoms with van der Waals surface area (Å²) in [6, 6.07) is 11.5. The van der Waals surface area contributed by atoms with Gasteiger partial charge in [-0.2, -0.15) is 0 Å².